The Labute approximate surface area is 121 Å². The molecule has 0 fully saturated rings. The van der Waals surface area contributed by atoms with Gasteiger partial charge in [0.15, 0.2) is 5.69 Å². The molecule has 0 spiro atoms. The Hall–Kier alpha value is -2.83. The summed E-state index contributed by atoms with van der Waals surface area (Å²) in [4.78, 5) is 23.3. The van der Waals surface area contributed by atoms with E-state index in [9.17, 15) is 9.59 Å². The molecule has 0 saturated heterocycles. The third-order valence-corrected chi connectivity index (χ3v) is 2.87. The molecule has 0 bridgehead atoms. The molecule has 21 heavy (non-hydrogen) atoms. The smallest absolute Gasteiger partial charge is 0.340 e. The van der Waals surface area contributed by atoms with Gasteiger partial charge in [0, 0.05) is 13.2 Å². The number of para-hydroxylation sites is 1. The summed E-state index contributed by atoms with van der Waals surface area (Å²) in [5.74, 6) is -0.788. The van der Waals surface area contributed by atoms with E-state index < -0.39 is 5.97 Å². The fourth-order valence-corrected chi connectivity index (χ4v) is 1.85. The van der Waals surface area contributed by atoms with Gasteiger partial charge >= 0.3 is 5.97 Å². The molecule has 3 N–H and O–H groups in total. The molecule has 2 aromatic rings. The van der Waals surface area contributed by atoms with Crippen LogP contribution in [0, 0.1) is 0 Å². The number of benzene rings is 1. The molecule has 0 aliphatic heterocycles. The second-order valence-corrected chi connectivity index (χ2v) is 4.18. The SMILES string of the molecule is CCOC(=O)c1cccc(-n2ccc(C(=O)NC)n2)c1N. The molecule has 7 nitrogen and oxygen atoms in total. The Morgan fingerprint density at radius 3 is 2.81 bits per heavy atom. The average Bonchev–Trinajstić information content (AvgIpc) is 2.96. The largest absolute Gasteiger partial charge is 0.462 e. The summed E-state index contributed by atoms with van der Waals surface area (Å²) in [5.41, 5.74) is 7.30. The molecule has 0 unspecified atom stereocenters. The van der Waals surface area contributed by atoms with Crippen molar-refractivity contribution in [1.82, 2.24) is 15.1 Å². The van der Waals surface area contributed by atoms with Crippen LogP contribution in [0.2, 0.25) is 0 Å². The van der Waals surface area contributed by atoms with E-state index in [1.165, 1.54) is 11.7 Å². The van der Waals surface area contributed by atoms with Crippen molar-refractivity contribution < 1.29 is 14.3 Å². The van der Waals surface area contributed by atoms with E-state index in [4.69, 9.17) is 10.5 Å². The molecule has 7 heteroatoms. The van der Waals surface area contributed by atoms with Crippen LogP contribution in [-0.4, -0.2) is 35.3 Å². The molecule has 0 radical (unpaired) electrons. The summed E-state index contributed by atoms with van der Waals surface area (Å²) in [6.45, 7) is 1.99. The normalized spacial score (nSPS) is 10.2. The number of nitrogens with zero attached hydrogens (tertiary/aromatic N) is 2. The predicted molar refractivity (Wildman–Crippen MR) is 77.3 cm³/mol. The number of rotatable bonds is 4. The fraction of sp³-hybridized carbons (Fsp3) is 0.214. The van der Waals surface area contributed by atoms with Crippen molar-refractivity contribution in [2.45, 2.75) is 6.92 Å². The van der Waals surface area contributed by atoms with Crippen molar-refractivity contribution >= 4 is 17.6 Å². The fourth-order valence-electron chi connectivity index (χ4n) is 1.85. The van der Waals surface area contributed by atoms with E-state index in [1.807, 2.05) is 0 Å². The molecule has 0 atom stereocenters. The highest BCUT2D eigenvalue weighted by Gasteiger charge is 2.16. The number of ether oxygens (including phenoxy) is 1. The van der Waals surface area contributed by atoms with Crippen LogP contribution < -0.4 is 11.1 Å². The van der Waals surface area contributed by atoms with Crippen molar-refractivity contribution in [2.24, 2.45) is 0 Å². The van der Waals surface area contributed by atoms with Gasteiger partial charge in [0.1, 0.15) is 0 Å². The molecule has 1 heterocycles. The van der Waals surface area contributed by atoms with Gasteiger partial charge in [-0.2, -0.15) is 5.10 Å². The standard InChI is InChI=1S/C14H16N4O3/c1-3-21-14(20)9-5-4-6-11(12(9)15)18-8-7-10(17-18)13(19)16-2/h4-8H,3,15H2,1-2H3,(H,16,19). The number of nitrogen functional groups attached to an aromatic ring is 1. The molecule has 1 aromatic carbocycles. The van der Waals surface area contributed by atoms with Crippen molar-refractivity contribution in [3.8, 4) is 5.69 Å². The highest BCUT2D eigenvalue weighted by molar-refractivity contribution is 5.97. The third kappa shape index (κ3) is 2.86. The van der Waals surface area contributed by atoms with Crippen LogP contribution in [-0.2, 0) is 4.74 Å². The van der Waals surface area contributed by atoms with Gasteiger partial charge in [0.25, 0.3) is 5.91 Å². The Morgan fingerprint density at radius 1 is 1.38 bits per heavy atom. The number of aromatic nitrogens is 2. The number of hydrogen-bond donors (Lipinski definition) is 2. The van der Waals surface area contributed by atoms with Gasteiger partial charge < -0.3 is 15.8 Å². The first-order chi connectivity index (χ1) is 10.1. The van der Waals surface area contributed by atoms with Crippen molar-refractivity contribution in [2.75, 3.05) is 19.4 Å². The topological polar surface area (TPSA) is 99.2 Å². The quantitative estimate of drug-likeness (QED) is 0.645. The highest BCUT2D eigenvalue weighted by atomic mass is 16.5. The lowest BCUT2D eigenvalue weighted by molar-refractivity contribution is 0.0527. The maximum atomic E-state index is 11.8. The molecule has 0 saturated carbocycles. The lowest BCUT2D eigenvalue weighted by atomic mass is 10.1. The first kappa shape index (κ1) is 14.6. The number of nitrogens with two attached hydrogens (primary N) is 1. The van der Waals surface area contributed by atoms with E-state index in [1.54, 1.807) is 37.4 Å². The van der Waals surface area contributed by atoms with Gasteiger partial charge in [-0.1, -0.05) is 6.07 Å². The van der Waals surface area contributed by atoms with Crippen LogP contribution in [0.25, 0.3) is 5.69 Å². The molecular formula is C14H16N4O3. The molecule has 0 aliphatic rings. The molecule has 2 rings (SSSR count). The van der Waals surface area contributed by atoms with E-state index in [0.29, 0.717) is 5.69 Å². The zero-order valence-electron chi connectivity index (χ0n) is 11.8. The minimum atomic E-state index is -0.490. The first-order valence-electron chi connectivity index (χ1n) is 6.42. The van der Waals surface area contributed by atoms with Gasteiger partial charge in [-0.15, -0.1) is 0 Å². The molecule has 1 aromatic heterocycles. The van der Waals surface area contributed by atoms with Crippen LogP contribution in [0.15, 0.2) is 30.5 Å². The average molecular weight is 288 g/mol. The van der Waals surface area contributed by atoms with Crippen molar-refractivity contribution in [1.29, 1.82) is 0 Å². The summed E-state index contributed by atoms with van der Waals surface area (Å²) in [7, 11) is 1.52. The van der Waals surface area contributed by atoms with E-state index >= 15 is 0 Å². The Bertz CT molecular complexity index is 679. The van der Waals surface area contributed by atoms with Crippen LogP contribution in [0.4, 0.5) is 5.69 Å². The number of anilines is 1. The van der Waals surface area contributed by atoms with Gasteiger partial charge in [0.05, 0.1) is 23.5 Å². The highest BCUT2D eigenvalue weighted by Crippen LogP contribution is 2.22. The summed E-state index contributed by atoms with van der Waals surface area (Å²) >= 11 is 0. The summed E-state index contributed by atoms with van der Waals surface area (Å²) < 4.78 is 6.39. The molecule has 1 amide bonds. The lowest BCUT2D eigenvalue weighted by Crippen LogP contribution is -2.18. The summed E-state index contributed by atoms with van der Waals surface area (Å²) in [6, 6.07) is 6.53. The Morgan fingerprint density at radius 2 is 2.14 bits per heavy atom. The monoisotopic (exact) mass is 288 g/mol. The zero-order chi connectivity index (χ0) is 15.4. The minimum absolute atomic E-state index is 0.252. The van der Waals surface area contributed by atoms with Gasteiger partial charge in [-0.05, 0) is 25.1 Å². The Kier molecular flexibility index (Phi) is 4.22. The zero-order valence-corrected chi connectivity index (χ0v) is 11.8. The van der Waals surface area contributed by atoms with Gasteiger partial charge in [-0.3, -0.25) is 4.79 Å². The number of hydrogen-bond acceptors (Lipinski definition) is 5. The number of nitrogens with one attached hydrogen (secondary N) is 1. The van der Waals surface area contributed by atoms with Gasteiger partial charge in [-0.25, -0.2) is 9.48 Å². The van der Waals surface area contributed by atoms with Crippen LogP contribution in [0.5, 0.6) is 0 Å². The predicted octanol–water partition coefficient (Wildman–Crippen LogP) is 0.991. The summed E-state index contributed by atoms with van der Waals surface area (Å²) in [6.07, 6.45) is 1.60. The molecular weight excluding hydrogens is 272 g/mol. The lowest BCUT2D eigenvalue weighted by Gasteiger charge is -2.10. The number of amides is 1. The van der Waals surface area contributed by atoms with Crippen molar-refractivity contribution in [3.63, 3.8) is 0 Å². The van der Waals surface area contributed by atoms with Crippen LogP contribution in [0.1, 0.15) is 27.8 Å². The number of carbonyl (C=O) groups is 2. The number of esters is 1. The van der Waals surface area contributed by atoms with E-state index in [-0.39, 0.29) is 29.5 Å². The maximum absolute atomic E-state index is 11.8. The minimum Gasteiger partial charge on any atom is -0.462 e. The third-order valence-electron chi connectivity index (χ3n) is 2.87. The summed E-state index contributed by atoms with van der Waals surface area (Å²) in [5, 5.41) is 6.62. The molecule has 110 valence electrons. The van der Waals surface area contributed by atoms with Gasteiger partial charge in [0.2, 0.25) is 0 Å². The molecule has 0 aliphatic carbocycles. The second kappa shape index (κ2) is 6.08. The Balaban J connectivity index is 2.41. The van der Waals surface area contributed by atoms with Crippen LogP contribution in [0.3, 0.4) is 0 Å². The van der Waals surface area contributed by atoms with E-state index in [2.05, 4.69) is 10.4 Å². The second-order valence-electron chi connectivity index (χ2n) is 4.18. The van der Waals surface area contributed by atoms with E-state index in [0.717, 1.165) is 0 Å². The first-order valence-corrected chi connectivity index (χ1v) is 6.42. The van der Waals surface area contributed by atoms with Crippen LogP contribution >= 0.6 is 0 Å². The number of carbonyl (C=O) groups excluding carboxylic acids is 2. The maximum Gasteiger partial charge on any atom is 0.340 e. The van der Waals surface area contributed by atoms with Crippen molar-refractivity contribution in [3.05, 3.63) is 41.7 Å².